The van der Waals surface area contributed by atoms with Crippen LogP contribution in [0.1, 0.15) is 28.7 Å². The van der Waals surface area contributed by atoms with Gasteiger partial charge in [-0.05, 0) is 19.4 Å². The van der Waals surface area contributed by atoms with Gasteiger partial charge in [-0.25, -0.2) is 0 Å². The number of hydrogen-bond donors (Lipinski definition) is 1. The summed E-state index contributed by atoms with van der Waals surface area (Å²) in [6.45, 7) is 3.73. The first-order valence-electron chi connectivity index (χ1n) is 6.32. The van der Waals surface area contributed by atoms with Crippen LogP contribution in [0.3, 0.4) is 0 Å². The third-order valence-corrected chi connectivity index (χ3v) is 2.74. The molecule has 0 fully saturated rings. The van der Waals surface area contributed by atoms with Gasteiger partial charge < -0.3 is 14.7 Å². The van der Waals surface area contributed by atoms with Gasteiger partial charge in [0, 0.05) is 13.7 Å². The molecule has 0 bridgehead atoms. The van der Waals surface area contributed by atoms with Crippen molar-refractivity contribution >= 4 is 11.9 Å². The molecule has 1 rings (SSSR count). The van der Waals surface area contributed by atoms with Crippen molar-refractivity contribution in [1.82, 2.24) is 15.1 Å². The number of rotatable bonds is 7. The van der Waals surface area contributed by atoms with Gasteiger partial charge in [0.05, 0.1) is 23.6 Å². The molecule has 0 aliphatic rings. The molecule has 1 amide bonds. The molecule has 0 saturated carbocycles. The quantitative estimate of drug-likeness (QED) is 0.783. The van der Waals surface area contributed by atoms with E-state index < -0.39 is 5.97 Å². The summed E-state index contributed by atoms with van der Waals surface area (Å²) in [4.78, 5) is 24.6. The molecule has 110 valence electrons. The van der Waals surface area contributed by atoms with Crippen LogP contribution in [0.4, 0.5) is 0 Å². The van der Waals surface area contributed by atoms with Gasteiger partial charge in [0.2, 0.25) is 0 Å². The van der Waals surface area contributed by atoms with E-state index in [9.17, 15) is 9.59 Å². The van der Waals surface area contributed by atoms with Crippen LogP contribution in [-0.4, -0.2) is 58.9 Å². The molecule has 1 aromatic heterocycles. The molecule has 0 aliphatic carbocycles. The molecule has 0 aliphatic heterocycles. The van der Waals surface area contributed by atoms with E-state index in [2.05, 4.69) is 10.2 Å². The number of carboxylic acids is 1. The summed E-state index contributed by atoms with van der Waals surface area (Å²) in [5.41, 5.74) is 1.58. The average Bonchev–Trinajstić information content (AvgIpc) is 2.42. The van der Waals surface area contributed by atoms with Crippen molar-refractivity contribution in [2.75, 3.05) is 26.8 Å². The zero-order chi connectivity index (χ0) is 15.1. The highest BCUT2D eigenvalue weighted by atomic mass is 16.5. The summed E-state index contributed by atoms with van der Waals surface area (Å²) >= 11 is 0. The Kier molecular flexibility index (Phi) is 6.05. The Bertz CT molecular complexity index is 491. The second-order valence-corrected chi connectivity index (χ2v) is 4.31. The van der Waals surface area contributed by atoms with Gasteiger partial charge in [-0.3, -0.25) is 9.59 Å². The first-order valence-corrected chi connectivity index (χ1v) is 6.32. The number of carboxylic acid groups (broad SMARTS) is 1. The number of nitrogens with zero attached hydrogens (tertiary/aromatic N) is 3. The van der Waals surface area contributed by atoms with Crippen molar-refractivity contribution in [3.63, 3.8) is 0 Å². The molecule has 0 atom stereocenters. The third kappa shape index (κ3) is 4.27. The Morgan fingerprint density at radius 2 is 2.10 bits per heavy atom. The van der Waals surface area contributed by atoms with Crippen molar-refractivity contribution in [2.45, 2.75) is 20.3 Å². The Morgan fingerprint density at radius 3 is 2.65 bits per heavy atom. The van der Waals surface area contributed by atoms with E-state index in [1.54, 1.807) is 13.0 Å². The van der Waals surface area contributed by atoms with E-state index in [0.717, 1.165) is 0 Å². The Hall–Kier alpha value is -2.02. The summed E-state index contributed by atoms with van der Waals surface area (Å²) in [5.74, 6) is -1.43. The van der Waals surface area contributed by atoms with Crippen LogP contribution in [0.15, 0.2) is 6.07 Å². The van der Waals surface area contributed by atoms with E-state index in [0.29, 0.717) is 23.4 Å². The maximum absolute atomic E-state index is 12.5. The van der Waals surface area contributed by atoms with Crippen LogP contribution < -0.4 is 0 Å². The van der Waals surface area contributed by atoms with Crippen LogP contribution in [-0.2, 0) is 16.0 Å². The van der Waals surface area contributed by atoms with Gasteiger partial charge in [-0.2, -0.15) is 10.2 Å². The number of amides is 1. The Morgan fingerprint density at radius 1 is 1.40 bits per heavy atom. The van der Waals surface area contributed by atoms with Gasteiger partial charge in [0.15, 0.2) is 0 Å². The monoisotopic (exact) mass is 281 g/mol. The third-order valence-electron chi connectivity index (χ3n) is 2.74. The Balaban J connectivity index is 3.03. The minimum absolute atomic E-state index is 0.214. The summed E-state index contributed by atoms with van der Waals surface area (Å²) < 4.78 is 4.91. The number of ether oxygens (including phenoxy) is 1. The molecule has 0 unspecified atom stereocenters. The topological polar surface area (TPSA) is 92.6 Å². The van der Waals surface area contributed by atoms with Crippen molar-refractivity contribution in [1.29, 1.82) is 0 Å². The summed E-state index contributed by atoms with van der Waals surface area (Å²) in [6.07, 6.45) is 0.555. The predicted octanol–water partition coefficient (Wildman–Crippen LogP) is 0.521. The van der Waals surface area contributed by atoms with Crippen LogP contribution in [0, 0.1) is 6.92 Å². The number of carbonyl (C=O) groups excluding carboxylic acids is 1. The lowest BCUT2D eigenvalue weighted by Crippen LogP contribution is -2.38. The molecule has 0 aromatic carbocycles. The smallest absolute Gasteiger partial charge is 0.323 e. The van der Waals surface area contributed by atoms with Crippen molar-refractivity contribution in [3.8, 4) is 0 Å². The van der Waals surface area contributed by atoms with E-state index >= 15 is 0 Å². The molecule has 0 spiro atoms. The molecule has 0 radical (unpaired) electrons. The van der Waals surface area contributed by atoms with Crippen LogP contribution in [0.5, 0.6) is 0 Å². The van der Waals surface area contributed by atoms with Gasteiger partial charge in [-0.1, -0.05) is 6.92 Å². The van der Waals surface area contributed by atoms with Crippen molar-refractivity contribution in [2.24, 2.45) is 0 Å². The normalized spacial score (nSPS) is 10.3. The van der Waals surface area contributed by atoms with E-state index in [1.165, 1.54) is 12.0 Å². The van der Waals surface area contributed by atoms with Crippen LogP contribution >= 0.6 is 0 Å². The molecule has 0 saturated heterocycles. The first kappa shape index (κ1) is 16.0. The first-order chi connectivity index (χ1) is 9.49. The second-order valence-electron chi connectivity index (χ2n) is 4.31. The van der Waals surface area contributed by atoms with Gasteiger partial charge >= 0.3 is 5.97 Å². The summed E-state index contributed by atoms with van der Waals surface area (Å²) in [6, 6.07) is 1.63. The molecule has 1 aromatic rings. The van der Waals surface area contributed by atoms with Crippen molar-refractivity contribution < 1.29 is 19.4 Å². The highest BCUT2D eigenvalue weighted by molar-refractivity contribution is 5.96. The molecule has 7 heteroatoms. The number of methoxy groups -OCH3 is 1. The summed E-state index contributed by atoms with van der Waals surface area (Å²) in [5, 5.41) is 16.8. The fourth-order valence-electron chi connectivity index (χ4n) is 1.75. The number of aromatic nitrogens is 2. The number of aliphatic carboxylic acids is 1. The highest BCUT2D eigenvalue weighted by Crippen LogP contribution is 2.11. The lowest BCUT2D eigenvalue weighted by atomic mass is 10.1. The molecule has 7 nitrogen and oxygen atoms in total. The lowest BCUT2D eigenvalue weighted by Gasteiger charge is -2.21. The van der Waals surface area contributed by atoms with Crippen LogP contribution in [0.2, 0.25) is 0 Å². The maximum Gasteiger partial charge on any atom is 0.323 e. The minimum atomic E-state index is -1.06. The fourth-order valence-corrected chi connectivity index (χ4v) is 1.75. The van der Waals surface area contributed by atoms with E-state index in [4.69, 9.17) is 9.84 Å². The second kappa shape index (κ2) is 7.54. The molecular formula is C13H19N3O4. The maximum atomic E-state index is 12.5. The van der Waals surface area contributed by atoms with Crippen LogP contribution in [0.25, 0.3) is 0 Å². The van der Waals surface area contributed by atoms with Crippen molar-refractivity contribution in [3.05, 3.63) is 23.0 Å². The molecule has 1 N–H and O–H groups in total. The van der Waals surface area contributed by atoms with E-state index in [-0.39, 0.29) is 25.6 Å². The zero-order valence-electron chi connectivity index (χ0n) is 11.9. The SMILES string of the molecule is CCc1nnc(C)cc1C(=O)N(CCOC)CC(=O)O. The lowest BCUT2D eigenvalue weighted by molar-refractivity contribution is -0.137. The largest absolute Gasteiger partial charge is 0.480 e. The number of hydrogen-bond acceptors (Lipinski definition) is 5. The predicted molar refractivity (Wildman–Crippen MR) is 71.6 cm³/mol. The standard InChI is InChI=1S/C13H19N3O4/c1-4-11-10(7-9(2)14-15-11)13(19)16(5-6-20-3)8-12(17)18/h7H,4-6,8H2,1-3H3,(H,17,18). The molecule has 1 heterocycles. The van der Waals surface area contributed by atoms with Gasteiger partial charge in [0.25, 0.3) is 5.91 Å². The zero-order valence-corrected chi connectivity index (χ0v) is 11.9. The van der Waals surface area contributed by atoms with E-state index in [1.807, 2.05) is 6.92 Å². The average molecular weight is 281 g/mol. The molecule has 20 heavy (non-hydrogen) atoms. The Labute approximate surface area is 117 Å². The number of aryl methyl sites for hydroxylation is 2. The van der Waals surface area contributed by atoms with Gasteiger partial charge in [0.1, 0.15) is 6.54 Å². The molecular weight excluding hydrogens is 262 g/mol. The highest BCUT2D eigenvalue weighted by Gasteiger charge is 2.21. The fraction of sp³-hybridized carbons (Fsp3) is 0.538. The minimum Gasteiger partial charge on any atom is -0.480 e. The van der Waals surface area contributed by atoms with Gasteiger partial charge in [-0.15, -0.1) is 0 Å². The summed E-state index contributed by atoms with van der Waals surface area (Å²) in [7, 11) is 1.50. The number of carbonyl (C=O) groups is 2.